The van der Waals surface area contributed by atoms with Gasteiger partial charge >= 0.3 is 0 Å². The molecule has 0 aliphatic carbocycles. The Morgan fingerprint density at radius 1 is 1.24 bits per heavy atom. The number of nitrogens with zero attached hydrogens (tertiary/aromatic N) is 3. The molecule has 0 saturated carbocycles. The largest absolute Gasteiger partial charge is 0.318 e. The summed E-state index contributed by atoms with van der Waals surface area (Å²) in [7, 11) is -3.34. The van der Waals surface area contributed by atoms with Crippen molar-refractivity contribution in [1.82, 2.24) is 14.6 Å². The second kappa shape index (κ2) is 8.12. The Kier molecular flexibility index (Phi) is 5.88. The van der Waals surface area contributed by atoms with Gasteiger partial charge in [-0.1, -0.05) is 37.3 Å². The van der Waals surface area contributed by atoms with E-state index in [2.05, 4.69) is 17.1 Å². The Bertz CT molecular complexity index is 781. The maximum absolute atomic E-state index is 12.4. The lowest BCUT2D eigenvalue weighted by atomic mass is 10.1. The first kappa shape index (κ1) is 18.1. The first-order valence-electron chi connectivity index (χ1n) is 8.79. The minimum Gasteiger partial charge on any atom is -0.318 e. The maximum atomic E-state index is 12.4. The van der Waals surface area contributed by atoms with Crippen LogP contribution in [0.5, 0.6) is 0 Å². The number of aromatic nitrogens is 2. The fourth-order valence-electron chi connectivity index (χ4n) is 3.03. The van der Waals surface area contributed by atoms with Crippen molar-refractivity contribution >= 4 is 9.84 Å². The summed E-state index contributed by atoms with van der Waals surface area (Å²) in [6, 6.07) is 10.2. The molecule has 1 aliphatic rings. The normalized spacial score (nSPS) is 15.7. The molecule has 3 rings (SSSR count). The van der Waals surface area contributed by atoms with Crippen LogP contribution in [0.25, 0.3) is 0 Å². The summed E-state index contributed by atoms with van der Waals surface area (Å²) in [6.45, 7) is 4.44. The van der Waals surface area contributed by atoms with Gasteiger partial charge < -0.3 is 4.57 Å². The molecular formula is C18H25N3O3S. The lowest BCUT2D eigenvalue weighted by molar-refractivity contribution is -0.118. The minimum atomic E-state index is -3.34. The number of hydroxylamine groups is 2. The standard InChI is InChI=1S/C18H25N3O3S/c1-2-25(22,23)18-19-14-17(15-20-11-7-13-24-20)21(18)12-6-10-16-8-4-3-5-9-16/h3-5,8-9,14H,2,6-7,10-13,15H2,1H3. The highest BCUT2D eigenvalue weighted by Gasteiger charge is 2.23. The highest BCUT2D eigenvalue weighted by Crippen LogP contribution is 2.18. The van der Waals surface area contributed by atoms with Crippen molar-refractivity contribution in [1.29, 1.82) is 0 Å². The summed E-state index contributed by atoms with van der Waals surface area (Å²) < 4.78 is 26.6. The quantitative estimate of drug-likeness (QED) is 0.721. The summed E-state index contributed by atoms with van der Waals surface area (Å²) in [5.74, 6) is 0.0579. The van der Waals surface area contributed by atoms with E-state index in [4.69, 9.17) is 4.84 Å². The molecule has 2 heterocycles. The fourth-order valence-corrected chi connectivity index (χ4v) is 4.04. The molecule has 0 amide bonds. The van der Waals surface area contributed by atoms with E-state index in [-0.39, 0.29) is 10.9 Å². The van der Waals surface area contributed by atoms with E-state index in [0.717, 1.165) is 38.1 Å². The number of imidazole rings is 1. The van der Waals surface area contributed by atoms with Crippen LogP contribution in [0.4, 0.5) is 0 Å². The zero-order valence-corrected chi connectivity index (χ0v) is 15.4. The van der Waals surface area contributed by atoms with Crippen LogP contribution in [0, 0.1) is 0 Å². The summed E-state index contributed by atoms with van der Waals surface area (Å²) >= 11 is 0. The Morgan fingerprint density at radius 2 is 2.04 bits per heavy atom. The number of benzene rings is 1. The average molecular weight is 363 g/mol. The van der Waals surface area contributed by atoms with E-state index >= 15 is 0 Å². The van der Waals surface area contributed by atoms with Crippen molar-refractivity contribution in [2.45, 2.75) is 44.4 Å². The first-order valence-corrected chi connectivity index (χ1v) is 10.4. The van der Waals surface area contributed by atoms with Crippen LogP contribution < -0.4 is 0 Å². The highest BCUT2D eigenvalue weighted by atomic mass is 32.2. The zero-order valence-electron chi connectivity index (χ0n) is 14.6. The number of hydrogen-bond acceptors (Lipinski definition) is 5. The third kappa shape index (κ3) is 4.48. The molecule has 0 unspecified atom stereocenters. The summed E-state index contributed by atoms with van der Waals surface area (Å²) in [5, 5.41) is 2.06. The van der Waals surface area contributed by atoms with Gasteiger partial charge in [0.15, 0.2) is 0 Å². The van der Waals surface area contributed by atoms with Crippen molar-refractivity contribution < 1.29 is 13.3 Å². The van der Waals surface area contributed by atoms with Gasteiger partial charge in [0, 0.05) is 13.1 Å². The Hall–Kier alpha value is -1.70. The molecule has 1 aromatic carbocycles. The molecule has 1 saturated heterocycles. The van der Waals surface area contributed by atoms with E-state index in [0.29, 0.717) is 13.1 Å². The van der Waals surface area contributed by atoms with Crippen LogP contribution in [0.1, 0.15) is 31.0 Å². The van der Waals surface area contributed by atoms with Crippen LogP contribution in [0.3, 0.4) is 0 Å². The molecule has 0 N–H and O–H groups in total. The molecule has 6 nitrogen and oxygen atoms in total. The van der Waals surface area contributed by atoms with Crippen molar-refractivity contribution in [3.63, 3.8) is 0 Å². The van der Waals surface area contributed by atoms with Crippen molar-refractivity contribution in [3.8, 4) is 0 Å². The van der Waals surface area contributed by atoms with Crippen molar-refractivity contribution in [3.05, 3.63) is 47.8 Å². The molecule has 25 heavy (non-hydrogen) atoms. The second-order valence-corrected chi connectivity index (χ2v) is 8.40. The molecule has 1 fully saturated rings. The van der Waals surface area contributed by atoms with Crippen molar-refractivity contribution in [2.75, 3.05) is 18.9 Å². The fraction of sp³-hybridized carbons (Fsp3) is 0.500. The van der Waals surface area contributed by atoms with E-state index in [1.165, 1.54) is 5.56 Å². The Balaban J connectivity index is 1.76. The average Bonchev–Trinajstić information content (AvgIpc) is 3.27. The van der Waals surface area contributed by atoms with Crippen molar-refractivity contribution in [2.24, 2.45) is 0 Å². The second-order valence-electron chi connectivity index (χ2n) is 6.23. The van der Waals surface area contributed by atoms with Gasteiger partial charge in [-0.3, -0.25) is 4.84 Å². The molecule has 1 aromatic heterocycles. The highest BCUT2D eigenvalue weighted by molar-refractivity contribution is 7.91. The monoisotopic (exact) mass is 363 g/mol. The molecule has 0 radical (unpaired) electrons. The van der Waals surface area contributed by atoms with Gasteiger partial charge in [0.1, 0.15) is 0 Å². The number of hydrogen-bond donors (Lipinski definition) is 0. The predicted molar refractivity (Wildman–Crippen MR) is 95.7 cm³/mol. The maximum Gasteiger partial charge on any atom is 0.227 e. The van der Waals surface area contributed by atoms with Crippen LogP contribution >= 0.6 is 0 Å². The van der Waals surface area contributed by atoms with Gasteiger partial charge in [-0.15, -0.1) is 0 Å². The number of sulfone groups is 1. The third-order valence-corrected chi connectivity index (χ3v) is 6.06. The molecule has 0 atom stereocenters. The SMILES string of the molecule is CCS(=O)(=O)c1ncc(CN2CCCO2)n1CCCc1ccccc1. The molecule has 136 valence electrons. The first-order chi connectivity index (χ1) is 12.1. The van der Waals surface area contributed by atoms with Crippen LogP contribution in [-0.4, -0.2) is 41.9 Å². The van der Waals surface area contributed by atoms with Gasteiger partial charge in [0.05, 0.1) is 30.8 Å². The lowest BCUT2D eigenvalue weighted by Crippen LogP contribution is -2.21. The predicted octanol–water partition coefficient (Wildman–Crippen LogP) is 2.45. The van der Waals surface area contributed by atoms with E-state index in [1.807, 2.05) is 27.8 Å². The topological polar surface area (TPSA) is 64.4 Å². The molecule has 1 aliphatic heterocycles. The molecule has 0 spiro atoms. The third-order valence-electron chi connectivity index (χ3n) is 4.41. The Morgan fingerprint density at radius 3 is 2.72 bits per heavy atom. The minimum absolute atomic E-state index is 0.0579. The van der Waals surface area contributed by atoms with E-state index in [9.17, 15) is 8.42 Å². The Labute approximate surface area is 149 Å². The van der Waals surface area contributed by atoms with Gasteiger partial charge in [0.2, 0.25) is 15.0 Å². The summed E-state index contributed by atoms with van der Waals surface area (Å²) in [5.41, 5.74) is 2.15. The smallest absolute Gasteiger partial charge is 0.227 e. The van der Waals surface area contributed by atoms with Crippen LogP contribution in [0.2, 0.25) is 0 Å². The van der Waals surface area contributed by atoms with Crippen LogP contribution in [-0.2, 0) is 34.2 Å². The zero-order chi connectivity index (χ0) is 17.7. The van der Waals surface area contributed by atoms with Gasteiger partial charge in [-0.2, -0.15) is 5.06 Å². The molecule has 2 aromatic rings. The van der Waals surface area contributed by atoms with Gasteiger partial charge in [-0.25, -0.2) is 13.4 Å². The van der Waals surface area contributed by atoms with E-state index < -0.39 is 9.84 Å². The lowest BCUT2D eigenvalue weighted by Gasteiger charge is -2.16. The number of rotatable bonds is 8. The molecular weight excluding hydrogens is 338 g/mol. The summed E-state index contributed by atoms with van der Waals surface area (Å²) in [4.78, 5) is 9.77. The number of aryl methyl sites for hydroxylation is 1. The van der Waals surface area contributed by atoms with Gasteiger partial charge in [0.25, 0.3) is 0 Å². The molecule has 0 bridgehead atoms. The summed E-state index contributed by atoms with van der Waals surface area (Å²) in [6.07, 6.45) is 4.44. The van der Waals surface area contributed by atoms with Crippen LogP contribution in [0.15, 0.2) is 41.7 Å². The van der Waals surface area contributed by atoms with E-state index in [1.54, 1.807) is 13.1 Å². The molecule has 7 heteroatoms. The van der Waals surface area contributed by atoms with Gasteiger partial charge in [-0.05, 0) is 24.8 Å².